The molecule has 0 saturated carbocycles. The van der Waals surface area contributed by atoms with E-state index in [1.165, 1.54) is 0 Å². The summed E-state index contributed by atoms with van der Waals surface area (Å²) in [5, 5.41) is 7.00. The molecule has 0 aliphatic rings. The number of halogens is 2. The molecule has 1 aromatic carbocycles. The Morgan fingerprint density at radius 1 is 1.54 bits per heavy atom. The highest BCUT2D eigenvalue weighted by Crippen LogP contribution is 2.22. The van der Waals surface area contributed by atoms with E-state index in [1.807, 2.05) is 0 Å². The summed E-state index contributed by atoms with van der Waals surface area (Å²) >= 11 is 0. The Hall–Kier alpha value is -1.45. The van der Waals surface area contributed by atoms with Gasteiger partial charge in [-0.15, -0.1) is 0 Å². The number of hydrogen-bond acceptors (Lipinski definition) is 2. The van der Waals surface area contributed by atoms with Gasteiger partial charge in [-0.2, -0.15) is 0 Å². The first-order valence-electron chi connectivity index (χ1n) is 3.88. The summed E-state index contributed by atoms with van der Waals surface area (Å²) in [6.45, 7) is 1.68. The largest absolute Gasteiger partial charge is 0.398 e. The van der Waals surface area contributed by atoms with Crippen LogP contribution in [0.15, 0.2) is 6.07 Å². The highest BCUT2D eigenvalue weighted by molar-refractivity contribution is 5.87. The van der Waals surface area contributed by atoms with E-state index in [0.717, 1.165) is 12.3 Å². The van der Waals surface area contributed by atoms with E-state index in [9.17, 15) is 8.78 Å². The molecule has 0 unspecified atom stereocenters. The summed E-state index contributed by atoms with van der Waals surface area (Å²) in [4.78, 5) is 0. The summed E-state index contributed by atoms with van der Waals surface area (Å²) in [5.74, 6) is -1.87. The summed E-state index contributed by atoms with van der Waals surface area (Å²) in [6.07, 6.45) is 1.26. The zero-order valence-electron chi connectivity index (χ0n) is 7.20. The molecule has 0 aliphatic heterocycles. The molecule has 0 spiro atoms. The van der Waals surface area contributed by atoms with E-state index in [0.29, 0.717) is 6.42 Å². The topological polar surface area (TPSA) is 49.9 Å². The predicted octanol–water partition coefficient (Wildman–Crippen LogP) is 2.11. The van der Waals surface area contributed by atoms with E-state index < -0.39 is 11.6 Å². The quantitative estimate of drug-likeness (QED) is 0.536. The number of nitrogen functional groups attached to an aromatic ring is 1. The van der Waals surface area contributed by atoms with Gasteiger partial charge in [-0.1, -0.05) is 6.92 Å². The Morgan fingerprint density at radius 3 is 2.62 bits per heavy atom. The fraction of sp³-hybridized carbons (Fsp3) is 0.222. The first kappa shape index (κ1) is 9.64. The van der Waals surface area contributed by atoms with Gasteiger partial charge in [-0.3, -0.25) is 0 Å². The molecule has 0 bridgehead atoms. The molecule has 0 radical (unpaired) electrons. The third kappa shape index (κ3) is 1.52. The molecule has 0 atom stereocenters. The number of rotatable bonds is 2. The van der Waals surface area contributed by atoms with Crippen molar-refractivity contribution < 1.29 is 8.78 Å². The molecule has 0 saturated heterocycles. The smallest absolute Gasteiger partial charge is 0.162 e. The monoisotopic (exact) mass is 184 g/mol. The van der Waals surface area contributed by atoms with Gasteiger partial charge in [0.2, 0.25) is 0 Å². The maximum absolute atomic E-state index is 13.1. The molecular formula is C9H10F2N2. The van der Waals surface area contributed by atoms with Gasteiger partial charge < -0.3 is 11.1 Å². The zero-order chi connectivity index (χ0) is 10.0. The van der Waals surface area contributed by atoms with Gasteiger partial charge >= 0.3 is 0 Å². The molecule has 0 aromatic heterocycles. The molecule has 1 rings (SSSR count). The second-order valence-electron chi connectivity index (χ2n) is 2.65. The minimum Gasteiger partial charge on any atom is -0.398 e. The lowest BCUT2D eigenvalue weighted by Crippen LogP contribution is -2.04. The van der Waals surface area contributed by atoms with Gasteiger partial charge in [-0.25, -0.2) is 8.78 Å². The Kier molecular flexibility index (Phi) is 2.60. The van der Waals surface area contributed by atoms with Gasteiger partial charge in [0.05, 0.1) is 0 Å². The maximum atomic E-state index is 13.1. The summed E-state index contributed by atoms with van der Waals surface area (Å²) in [5.41, 5.74) is 5.95. The maximum Gasteiger partial charge on any atom is 0.162 e. The van der Waals surface area contributed by atoms with Crippen LogP contribution in [0, 0.1) is 17.0 Å². The normalized spacial score (nSPS) is 10.1. The van der Waals surface area contributed by atoms with E-state index in [4.69, 9.17) is 11.1 Å². The first-order chi connectivity index (χ1) is 6.11. The third-order valence-electron chi connectivity index (χ3n) is 1.89. The average molecular weight is 184 g/mol. The van der Waals surface area contributed by atoms with Crippen molar-refractivity contribution in [2.45, 2.75) is 13.3 Å². The van der Waals surface area contributed by atoms with Crippen molar-refractivity contribution in [1.82, 2.24) is 0 Å². The Labute approximate surface area is 74.9 Å². The molecule has 0 fully saturated rings. The fourth-order valence-corrected chi connectivity index (χ4v) is 1.23. The van der Waals surface area contributed by atoms with Crippen molar-refractivity contribution in [1.29, 1.82) is 5.41 Å². The van der Waals surface area contributed by atoms with Crippen LogP contribution >= 0.6 is 0 Å². The molecule has 0 heterocycles. The SMILES string of the molecule is CCc1c(F)c(F)cc(N)c1C=N. The van der Waals surface area contributed by atoms with Gasteiger partial charge in [-0.05, 0) is 6.42 Å². The molecule has 0 amide bonds. The van der Waals surface area contributed by atoms with Crippen LogP contribution in [0.25, 0.3) is 0 Å². The van der Waals surface area contributed by atoms with E-state index >= 15 is 0 Å². The van der Waals surface area contributed by atoms with E-state index in [1.54, 1.807) is 6.92 Å². The second kappa shape index (κ2) is 3.51. The molecule has 4 heteroatoms. The standard InChI is InChI=1S/C9H10F2N2/c1-2-5-6(4-12)8(13)3-7(10)9(5)11/h3-4,12H,2,13H2,1H3. The molecule has 3 N–H and O–H groups in total. The van der Waals surface area contributed by atoms with E-state index in [2.05, 4.69) is 0 Å². The summed E-state index contributed by atoms with van der Waals surface area (Å²) in [6, 6.07) is 0.898. The van der Waals surface area contributed by atoms with Crippen molar-refractivity contribution in [3.63, 3.8) is 0 Å². The van der Waals surface area contributed by atoms with Crippen LogP contribution < -0.4 is 5.73 Å². The summed E-state index contributed by atoms with van der Waals surface area (Å²) < 4.78 is 25.9. The van der Waals surface area contributed by atoms with Crippen molar-refractivity contribution in [3.05, 3.63) is 28.8 Å². The Morgan fingerprint density at radius 2 is 2.15 bits per heavy atom. The van der Waals surface area contributed by atoms with Crippen LogP contribution in [0.2, 0.25) is 0 Å². The van der Waals surface area contributed by atoms with Crippen molar-refractivity contribution in [3.8, 4) is 0 Å². The highest BCUT2D eigenvalue weighted by atomic mass is 19.2. The van der Waals surface area contributed by atoms with Crippen molar-refractivity contribution in [2.75, 3.05) is 5.73 Å². The van der Waals surface area contributed by atoms with Gasteiger partial charge in [0.25, 0.3) is 0 Å². The zero-order valence-corrected chi connectivity index (χ0v) is 7.20. The second-order valence-corrected chi connectivity index (χ2v) is 2.65. The number of nitrogens with two attached hydrogens (primary N) is 1. The van der Waals surface area contributed by atoms with E-state index in [-0.39, 0.29) is 16.8 Å². The lowest BCUT2D eigenvalue weighted by Gasteiger charge is -2.08. The lowest BCUT2D eigenvalue weighted by molar-refractivity contribution is 0.500. The molecule has 13 heavy (non-hydrogen) atoms. The Bertz CT molecular complexity index is 348. The van der Waals surface area contributed by atoms with Crippen LogP contribution in [-0.2, 0) is 6.42 Å². The van der Waals surface area contributed by atoms with Crippen LogP contribution in [0.3, 0.4) is 0 Å². The lowest BCUT2D eigenvalue weighted by atomic mass is 10.0. The fourth-order valence-electron chi connectivity index (χ4n) is 1.23. The van der Waals surface area contributed by atoms with Crippen LogP contribution in [0.4, 0.5) is 14.5 Å². The number of nitrogens with one attached hydrogen (secondary N) is 1. The molecule has 70 valence electrons. The number of hydrogen-bond donors (Lipinski definition) is 2. The number of benzene rings is 1. The minimum absolute atomic E-state index is 0.103. The molecule has 2 nitrogen and oxygen atoms in total. The number of anilines is 1. The molecule has 1 aromatic rings. The first-order valence-corrected chi connectivity index (χ1v) is 3.88. The third-order valence-corrected chi connectivity index (χ3v) is 1.89. The predicted molar refractivity (Wildman–Crippen MR) is 48.0 cm³/mol. The Balaban J connectivity index is 3.50. The minimum atomic E-state index is -0.958. The van der Waals surface area contributed by atoms with Crippen LogP contribution in [-0.4, -0.2) is 6.21 Å². The van der Waals surface area contributed by atoms with Crippen LogP contribution in [0.5, 0.6) is 0 Å². The van der Waals surface area contributed by atoms with Crippen LogP contribution in [0.1, 0.15) is 18.1 Å². The van der Waals surface area contributed by atoms with Gasteiger partial charge in [0.1, 0.15) is 0 Å². The highest BCUT2D eigenvalue weighted by Gasteiger charge is 2.13. The van der Waals surface area contributed by atoms with Crippen molar-refractivity contribution in [2.24, 2.45) is 0 Å². The van der Waals surface area contributed by atoms with Gasteiger partial charge in [0.15, 0.2) is 11.6 Å². The summed E-state index contributed by atoms with van der Waals surface area (Å²) in [7, 11) is 0. The van der Waals surface area contributed by atoms with Crippen molar-refractivity contribution >= 4 is 11.9 Å². The molecule has 0 aliphatic carbocycles. The molecular weight excluding hydrogens is 174 g/mol. The van der Waals surface area contributed by atoms with Gasteiger partial charge in [0, 0.05) is 29.1 Å². The average Bonchev–Trinajstić information content (AvgIpc) is 2.10.